The molecular weight excluding hydrogens is 260 g/mol. The number of benzene rings is 2. The Hall–Kier alpha value is -1.67. The number of fused-ring (bicyclic) bond motifs is 1. The molecule has 0 aromatic heterocycles. The van der Waals surface area contributed by atoms with E-state index >= 15 is 0 Å². The van der Waals surface area contributed by atoms with Crippen LogP contribution >= 0.6 is 0 Å². The summed E-state index contributed by atoms with van der Waals surface area (Å²) in [6.07, 6.45) is 3.78. The molecule has 0 heterocycles. The lowest BCUT2D eigenvalue weighted by molar-refractivity contribution is -0.0263. The molecule has 0 amide bonds. The minimum atomic E-state index is -0.616. The molecule has 0 aliphatic heterocycles. The lowest BCUT2D eigenvalue weighted by Crippen LogP contribution is -2.43. The number of carbonyl (C=O) groups excluding carboxylic acids is 1. The van der Waals surface area contributed by atoms with Crippen molar-refractivity contribution in [1.82, 2.24) is 0 Å². The molecule has 2 nitrogen and oxygen atoms in total. The predicted molar refractivity (Wildman–Crippen MR) is 85.7 cm³/mol. The number of hydrogen-bond donors (Lipinski definition) is 0. The monoisotopic (exact) mass is 282 g/mol. The molecule has 1 aliphatic rings. The molecule has 0 radical (unpaired) electrons. The van der Waals surface area contributed by atoms with Gasteiger partial charge in [0.05, 0.1) is 0 Å². The Labute approximate surface area is 126 Å². The second-order valence-electron chi connectivity index (χ2n) is 6.27. The van der Waals surface area contributed by atoms with Crippen molar-refractivity contribution < 1.29 is 9.53 Å². The number of rotatable bonds is 3. The third-order valence-electron chi connectivity index (χ3n) is 4.90. The predicted octanol–water partition coefficient (Wildman–Crippen LogP) is 4.62. The number of ether oxygens (including phenoxy) is 1. The average molecular weight is 282 g/mol. The zero-order valence-electron chi connectivity index (χ0n) is 12.8. The number of hydrogen-bond acceptors (Lipinski definition) is 2. The lowest BCUT2D eigenvalue weighted by Gasteiger charge is -2.37. The molecule has 0 saturated heterocycles. The maximum absolute atomic E-state index is 13.0. The average Bonchev–Trinajstić information content (AvgIpc) is 2.55. The molecule has 110 valence electrons. The van der Waals surface area contributed by atoms with Gasteiger partial charge in [0.2, 0.25) is 0 Å². The van der Waals surface area contributed by atoms with Crippen LogP contribution in [0.5, 0.6) is 0 Å². The summed E-state index contributed by atoms with van der Waals surface area (Å²) in [5, 5.41) is 2.27. The van der Waals surface area contributed by atoms with Gasteiger partial charge in [-0.05, 0) is 48.4 Å². The maximum Gasteiger partial charge on any atom is 0.194 e. The van der Waals surface area contributed by atoms with E-state index in [0.29, 0.717) is 5.92 Å². The minimum absolute atomic E-state index is 0.141. The quantitative estimate of drug-likeness (QED) is 0.768. The summed E-state index contributed by atoms with van der Waals surface area (Å²) in [4.78, 5) is 13.0. The highest BCUT2D eigenvalue weighted by Crippen LogP contribution is 2.37. The van der Waals surface area contributed by atoms with Crippen LogP contribution < -0.4 is 0 Å². The third-order valence-corrected chi connectivity index (χ3v) is 4.90. The van der Waals surface area contributed by atoms with E-state index in [4.69, 9.17) is 4.74 Å². The summed E-state index contributed by atoms with van der Waals surface area (Å²) in [6.45, 7) is 2.25. The Kier molecular flexibility index (Phi) is 3.81. The zero-order valence-corrected chi connectivity index (χ0v) is 12.8. The molecule has 0 N–H and O–H groups in total. The van der Waals surface area contributed by atoms with Gasteiger partial charge in [0.25, 0.3) is 0 Å². The number of ketones is 1. The molecule has 2 aromatic rings. The van der Waals surface area contributed by atoms with Crippen LogP contribution in [0.3, 0.4) is 0 Å². The number of carbonyl (C=O) groups is 1. The van der Waals surface area contributed by atoms with Crippen molar-refractivity contribution in [3.05, 3.63) is 48.0 Å². The van der Waals surface area contributed by atoms with Crippen LogP contribution in [0.2, 0.25) is 0 Å². The van der Waals surface area contributed by atoms with Gasteiger partial charge in [0.1, 0.15) is 5.60 Å². The Morgan fingerprint density at radius 1 is 1.10 bits per heavy atom. The van der Waals surface area contributed by atoms with E-state index in [1.54, 1.807) is 7.11 Å². The van der Waals surface area contributed by atoms with Gasteiger partial charge in [-0.3, -0.25) is 4.79 Å². The molecular formula is C19H22O2. The first-order valence-electron chi connectivity index (χ1n) is 7.73. The summed E-state index contributed by atoms with van der Waals surface area (Å²) in [5.74, 6) is 0.834. The molecule has 2 aromatic carbocycles. The summed E-state index contributed by atoms with van der Waals surface area (Å²) in [5.41, 5.74) is 0.153. The standard InChI is InChI=1S/C19H22O2/c1-14-9-11-19(21-2,12-10-14)18(20)17-8-7-15-5-3-4-6-16(15)13-17/h3-8,13-14H,9-12H2,1-2H3. The molecule has 1 aliphatic carbocycles. The molecule has 2 heteroatoms. The second kappa shape index (κ2) is 5.61. The van der Waals surface area contributed by atoms with Crippen LogP contribution in [0, 0.1) is 5.92 Å². The van der Waals surface area contributed by atoms with E-state index in [2.05, 4.69) is 19.1 Å². The summed E-state index contributed by atoms with van der Waals surface area (Å²) >= 11 is 0. The van der Waals surface area contributed by atoms with Crippen LogP contribution in [-0.4, -0.2) is 18.5 Å². The highest BCUT2D eigenvalue weighted by atomic mass is 16.5. The smallest absolute Gasteiger partial charge is 0.194 e. The lowest BCUT2D eigenvalue weighted by atomic mass is 9.75. The van der Waals surface area contributed by atoms with Gasteiger partial charge in [0, 0.05) is 12.7 Å². The molecule has 0 atom stereocenters. The largest absolute Gasteiger partial charge is 0.370 e. The fourth-order valence-electron chi connectivity index (χ4n) is 3.35. The van der Waals surface area contributed by atoms with Crippen molar-refractivity contribution in [3.8, 4) is 0 Å². The van der Waals surface area contributed by atoms with Crippen molar-refractivity contribution in [3.63, 3.8) is 0 Å². The molecule has 1 fully saturated rings. The van der Waals surface area contributed by atoms with Gasteiger partial charge < -0.3 is 4.74 Å². The Morgan fingerprint density at radius 3 is 2.43 bits per heavy atom. The molecule has 0 spiro atoms. The highest BCUT2D eigenvalue weighted by Gasteiger charge is 2.41. The number of Topliss-reactive ketones (excluding diaryl/α,β-unsaturated/α-hetero) is 1. The fraction of sp³-hybridized carbons (Fsp3) is 0.421. The zero-order chi connectivity index (χ0) is 14.9. The van der Waals surface area contributed by atoms with Crippen molar-refractivity contribution in [2.75, 3.05) is 7.11 Å². The van der Waals surface area contributed by atoms with Crippen molar-refractivity contribution in [1.29, 1.82) is 0 Å². The van der Waals surface area contributed by atoms with E-state index in [1.807, 2.05) is 30.3 Å². The topological polar surface area (TPSA) is 26.3 Å². The second-order valence-corrected chi connectivity index (χ2v) is 6.27. The third kappa shape index (κ3) is 2.60. The van der Waals surface area contributed by atoms with E-state index in [9.17, 15) is 4.79 Å². The van der Waals surface area contributed by atoms with Crippen molar-refractivity contribution in [2.45, 2.75) is 38.2 Å². The first-order valence-corrected chi connectivity index (χ1v) is 7.73. The maximum atomic E-state index is 13.0. The highest BCUT2D eigenvalue weighted by molar-refractivity contribution is 6.05. The summed E-state index contributed by atoms with van der Waals surface area (Å²) < 4.78 is 5.71. The molecule has 21 heavy (non-hydrogen) atoms. The van der Waals surface area contributed by atoms with Gasteiger partial charge in [0.15, 0.2) is 5.78 Å². The van der Waals surface area contributed by atoms with Gasteiger partial charge in [-0.25, -0.2) is 0 Å². The summed E-state index contributed by atoms with van der Waals surface area (Å²) in [7, 11) is 1.68. The molecule has 0 bridgehead atoms. The van der Waals surface area contributed by atoms with Crippen LogP contribution in [0.1, 0.15) is 43.0 Å². The van der Waals surface area contributed by atoms with E-state index in [-0.39, 0.29) is 5.78 Å². The van der Waals surface area contributed by atoms with Crippen LogP contribution in [0.15, 0.2) is 42.5 Å². The molecule has 1 saturated carbocycles. The molecule has 0 unspecified atom stereocenters. The Bertz CT molecular complexity index is 651. The van der Waals surface area contributed by atoms with Crippen LogP contribution in [0.4, 0.5) is 0 Å². The van der Waals surface area contributed by atoms with Crippen molar-refractivity contribution in [2.24, 2.45) is 5.92 Å². The van der Waals surface area contributed by atoms with Crippen molar-refractivity contribution >= 4 is 16.6 Å². The minimum Gasteiger partial charge on any atom is -0.370 e. The molecule has 3 rings (SSSR count). The Balaban J connectivity index is 1.95. The van der Waals surface area contributed by atoms with Crippen LogP contribution in [0.25, 0.3) is 10.8 Å². The Morgan fingerprint density at radius 2 is 1.76 bits per heavy atom. The fourth-order valence-corrected chi connectivity index (χ4v) is 3.35. The van der Waals surface area contributed by atoms with E-state index in [0.717, 1.165) is 42.0 Å². The van der Waals surface area contributed by atoms with Gasteiger partial charge >= 0.3 is 0 Å². The SMILES string of the molecule is COC1(C(=O)c2ccc3ccccc3c2)CCC(C)CC1. The van der Waals surface area contributed by atoms with Gasteiger partial charge in [-0.15, -0.1) is 0 Å². The first-order chi connectivity index (χ1) is 10.1. The number of methoxy groups -OCH3 is 1. The van der Waals surface area contributed by atoms with Crippen LogP contribution in [-0.2, 0) is 4.74 Å². The normalized spacial score (nSPS) is 25.9. The van der Waals surface area contributed by atoms with E-state index < -0.39 is 5.60 Å². The van der Waals surface area contributed by atoms with Gasteiger partial charge in [-0.2, -0.15) is 0 Å². The van der Waals surface area contributed by atoms with Gasteiger partial charge in [-0.1, -0.05) is 43.3 Å². The van der Waals surface area contributed by atoms with E-state index in [1.165, 1.54) is 0 Å². The summed E-state index contributed by atoms with van der Waals surface area (Å²) in [6, 6.07) is 14.1. The first kappa shape index (κ1) is 14.3.